The maximum atomic E-state index is 12.4. The second kappa shape index (κ2) is 43.5. The number of hydrogen-bond acceptors (Lipinski definition) is 3. The number of amides is 1. The molecule has 0 saturated heterocycles. The first kappa shape index (κ1) is 50.1. The molecule has 0 heterocycles. The molecule has 2 unspecified atom stereocenters. The highest BCUT2D eigenvalue weighted by Gasteiger charge is 2.20. The van der Waals surface area contributed by atoms with Crippen LogP contribution in [0.5, 0.6) is 0 Å². The van der Waals surface area contributed by atoms with Crippen LogP contribution in [0.1, 0.15) is 264 Å². The van der Waals surface area contributed by atoms with Gasteiger partial charge in [0, 0.05) is 6.42 Å². The fraction of sp³-hybridized carbons (Fsp3) is 0.936. The highest BCUT2D eigenvalue weighted by Crippen LogP contribution is 2.17. The molecule has 0 fully saturated rings. The predicted molar refractivity (Wildman–Crippen MR) is 226 cm³/mol. The summed E-state index contributed by atoms with van der Waals surface area (Å²) >= 11 is 0. The van der Waals surface area contributed by atoms with Gasteiger partial charge in [0.25, 0.3) is 0 Å². The van der Waals surface area contributed by atoms with E-state index in [1.807, 2.05) is 0 Å². The summed E-state index contributed by atoms with van der Waals surface area (Å²) in [5.74, 6) is -0.0367. The van der Waals surface area contributed by atoms with Crippen molar-refractivity contribution >= 4 is 5.91 Å². The van der Waals surface area contributed by atoms with Crippen molar-refractivity contribution in [3.8, 4) is 0 Å². The third kappa shape index (κ3) is 40.2. The van der Waals surface area contributed by atoms with Crippen LogP contribution in [-0.4, -0.2) is 34.9 Å². The molecule has 304 valence electrons. The Morgan fingerprint density at radius 3 is 1.08 bits per heavy atom. The smallest absolute Gasteiger partial charge is 0.220 e. The zero-order valence-corrected chi connectivity index (χ0v) is 34.9. The van der Waals surface area contributed by atoms with Gasteiger partial charge in [0.05, 0.1) is 18.8 Å². The van der Waals surface area contributed by atoms with E-state index >= 15 is 0 Å². The Balaban J connectivity index is 3.46. The molecule has 0 aliphatic carbocycles. The van der Waals surface area contributed by atoms with Crippen LogP contribution >= 0.6 is 0 Å². The molecule has 0 aromatic carbocycles. The average Bonchev–Trinajstić information content (AvgIpc) is 3.13. The lowest BCUT2D eigenvalue weighted by molar-refractivity contribution is -0.123. The monoisotopic (exact) mass is 720 g/mol. The second-order valence-electron chi connectivity index (χ2n) is 16.2. The topological polar surface area (TPSA) is 69.6 Å². The first-order valence-electron chi connectivity index (χ1n) is 23.4. The van der Waals surface area contributed by atoms with E-state index in [2.05, 4.69) is 31.3 Å². The quantitative estimate of drug-likeness (QED) is 0.0434. The average molecular weight is 720 g/mol. The van der Waals surface area contributed by atoms with Crippen LogP contribution in [0.25, 0.3) is 0 Å². The molecule has 0 bridgehead atoms. The van der Waals surface area contributed by atoms with E-state index < -0.39 is 12.1 Å². The van der Waals surface area contributed by atoms with Crippen LogP contribution in [-0.2, 0) is 4.79 Å². The summed E-state index contributed by atoms with van der Waals surface area (Å²) in [7, 11) is 0. The minimum Gasteiger partial charge on any atom is -0.394 e. The van der Waals surface area contributed by atoms with Crippen molar-refractivity contribution < 1.29 is 15.0 Å². The molecular formula is C47H93NO3. The van der Waals surface area contributed by atoms with Crippen molar-refractivity contribution in [2.24, 2.45) is 0 Å². The molecule has 51 heavy (non-hydrogen) atoms. The lowest BCUT2D eigenvalue weighted by Gasteiger charge is -2.22. The van der Waals surface area contributed by atoms with Gasteiger partial charge in [-0.25, -0.2) is 0 Å². The molecule has 0 aliphatic heterocycles. The third-order valence-electron chi connectivity index (χ3n) is 11.0. The molecule has 0 radical (unpaired) electrons. The van der Waals surface area contributed by atoms with Gasteiger partial charge in [-0.2, -0.15) is 0 Å². The number of allylic oxidation sites excluding steroid dienone is 2. The van der Waals surface area contributed by atoms with Gasteiger partial charge in [-0.15, -0.1) is 0 Å². The van der Waals surface area contributed by atoms with E-state index in [9.17, 15) is 15.0 Å². The molecule has 0 aromatic heterocycles. The van der Waals surface area contributed by atoms with Gasteiger partial charge in [0.15, 0.2) is 0 Å². The number of aliphatic hydroxyl groups is 2. The van der Waals surface area contributed by atoms with Crippen molar-refractivity contribution in [2.75, 3.05) is 6.61 Å². The van der Waals surface area contributed by atoms with Gasteiger partial charge in [0.2, 0.25) is 5.91 Å². The van der Waals surface area contributed by atoms with Crippen molar-refractivity contribution in [1.82, 2.24) is 5.32 Å². The molecule has 2 atom stereocenters. The van der Waals surface area contributed by atoms with Gasteiger partial charge in [0.1, 0.15) is 0 Å². The maximum Gasteiger partial charge on any atom is 0.220 e. The maximum absolute atomic E-state index is 12.4. The van der Waals surface area contributed by atoms with E-state index in [1.54, 1.807) is 0 Å². The Morgan fingerprint density at radius 1 is 0.451 bits per heavy atom. The highest BCUT2D eigenvalue weighted by atomic mass is 16.3. The van der Waals surface area contributed by atoms with Gasteiger partial charge in [-0.05, 0) is 38.5 Å². The minimum atomic E-state index is -0.659. The number of aliphatic hydroxyl groups excluding tert-OH is 2. The van der Waals surface area contributed by atoms with Crippen LogP contribution < -0.4 is 5.32 Å². The highest BCUT2D eigenvalue weighted by molar-refractivity contribution is 5.76. The summed E-state index contributed by atoms with van der Waals surface area (Å²) < 4.78 is 0. The van der Waals surface area contributed by atoms with E-state index in [1.165, 1.54) is 212 Å². The largest absolute Gasteiger partial charge is 0.394 e. The molecular weight excluding hydrogens is 627 g/mol. The first-order valence-corrected chi connectivity index (χ1v) is 23.4. The Bertz CT molecular complexity index is 695. The van der Waals surface area contributed by atoms with Crippen molar-refractivity contribution in [1.29, 1.82) is 0 Å². The SMILES string of the molecule is CCCCCCCC/C=C\CCCCCCCC(=O)NC(CO)C(O)CCCCCCCCCCCCCCCCCCCCCCCCCC. The van der Waals surface area contributed by atoms with Crippen LogP contribution in [0.2, 0.25) is 0 Å². The number of rotatable bonds is 43. The standard InChI is InChI=1S/C47H93NO3/c1-3-5-7-9-11-13-15-17-19-20-21-22-23-24-25-26-27-29-30-32-34-36-38-40-42-46(50)45(44-49)48-47(51)43-41-39-37-35-33-31-28-18-16-14-12-10-8-6-4-2/h18,28,45-46,49-50H,3-17,19-27,29-44H2,1-2H3,(H,48,51)/b28-18-. The van der Waals surface area contributed by atoms with E-state index in [4.69, 9.17) is 0 Å². The molecule has 0 spiro atoms. The fourth-order valence-electron chi connectivity index (χ4n) is 7.42. The zero-order valence-electron chi connectivity index (χ0n) is 34.9. The summed E-state index contributed by atoms with van der Waals surface area (Å²) in [5, 5.41) is 23.2. The molecule has 0 aromatic rings. The van der Waals surface area contributed by atoms with Crippen LogP contribution in [0.15, 0.2) is 12.2 Å². The number of carbonyl (C=O) groups is 1. The minimum absolute atomic E-state index is 0.0367. The number of hydrogen-bond donors (Lipinski definition) is 3. The van der Waals surface area contributed by atoms with Crippen LogP contribution in [0, 0.1) is 0 Å². The summed E-state index contributed by atoms with van der Waals surface area (Å²) in [6, 6.07) is -0.537. The third-order valence-corrected chi connectivity index (χ3v) is 11.0. The predicted octanol–water partition coefficient (Wildman–Crippen LogP) is 14.6. The Kier molecular flexibility index (Phi) is 42.8. The molecule has 0 aliphatic rings. The first-order chi connectivity index (χ1) is 25.2. The lowest BCUT2D eigenvalue weighted by Crippen LogP contribution is -2.45. The molecule has 3 N–H and O–H groups in total. The van der Waals surface area contributed by atoms with Crippen molar-refractivity contribution in [3.63, 3.8) is 0 Å². The number of unbranched alkanes of at least 4 members (excludes halogenated alkanes) is 34. The van der Waals surface area contributed by atoms with Gasteiger partial charge >= 0.3 is 0 Å². The van der Waals surface area contributed by atoms with Crippen LogP contribution in [0.3, 0.4) is 0 Å². The van der Waals surface area contributed by atoms with Crippen molar-refractivity contribution in [3.05, 3.63) is 12.2 Å². The molecule has 0 rings (SSSR count). The molecule has 1 amide bonds. The van der Waals surface area contributed by atoms with Gasteiger partial charge in [-0.1, -0.05) is 231 Å². The number of carbonyl (C=O) groups excluding carboxylic acids is 1. The zero-order chi connectivity index (χ0) is 37.1. The van der Waals surface area contributed by atoms with Crippen molar-refractivity contribution in [2.45, 2.75) is 276 Å². The normalized spacial score (nSPS) is 12.9. The van der Waals surface area contributed by atoms with E-state index in [-0.39, 0.29) is 12.5 Å². The molecule has 0 saturated carbocycles. The summed E-state index contributed by atoms with van der Waals surface area (Å²) in [4.78, 5) is 12.4. The Morgan fingerprint density at radius 2 is 0.745 bits per heavy atom. The summed E-state index contributed by atoms with van der Waals surface area (Å²) in [6.07, 6.45) is 54.4. The second-order valence-corrected chi connectivity index (χ2v) is 16.2. The lowest BCUT2D eigenvalue weighted by atomic mass is 10.0. The van der Waals surface area contributed by atoms with E-state index in [0.717, 1.165) is 25.7 Å². The summed E-state index contributed by atoms with van der Waals surface area (Å²) in [5.41, 5.74) is 0. The van der Waals surface area contributed by atoms with Gasteiger partial charge < -0.3 is 15.5 Å². The summed E-state index contributed by atoms with van der Waals surface area (Å²) in [6.45, 7) is 4.37. The molecule has 4 heteroatoms. The van der Waals surface area contributed by atoms with Crippen LogP contribution in [0.4, 0.5) is 0 Å². The van der Waals surface area contributed by atoms with Gasteiger partial charge in [-0.3, -0.25) is 4.79 Å². The Hall–Kier alpha value is -0.870. The molecule has 4 nitrogen and oxygen atoms in total. The Labute approximate surface area is 320 Å². The fourth-order valence-corrected chi connectivity index (χ4v) is 7.42. The van der Waals surface area contributed by atoms with E-state index in [0.29, 0.717) is 12.8 Å². The number of nitrogens with one attached hydrogen (secondary N) is 1.